The SMILES string of the molecule is COC(C)C(=O)c1ccc2cccnc2c1. The van der Waals surface area contributed by atoms with Gasteiger partial charge < -0.3 is 4.74 Å². The molecule has 0 N–H and O–H groups in total. The fraction of sp³-hybridized carbons (Fsp3) is 0.231. The molecule has 1 heterocycles. The van der Waals surface area contributed by atoms with Gasteiger partial charge in [-0.3, -0.25) is 9.78 Å². The zero-order valence-electron chi connectivity index (χ0n) is 9.31. The lowest BCUT2D eigenvalue weighted by atomic mass is 10.0. The fourth-order valence-corrected chi connectivity index (χ4v) is 1.56. The van der Waals surface area contributed by atoms with Gasteiger partial charge in [-0.05, 0) is 19.1 Å². The Morgan fingerprint density at radius 1 is 1.38 bits per heavy atom. The molecule has 0 aliphatic carbocycles. The number of Topliss-reactive ketones (excluding diaryl/α,β-unsaturated/α-hetero) is 1. The third-order valence-electron chi connectivity index (χ3n) is 2.61. The van der Waals surface area contributed by atoms with Gasteiger partial charge in [0.2, 0.25) is 0 Å². The molecule has 82 valence electrons. The Kier molecular flexibility index (Phi) is 2.97. The summed E-state index contributed by atoms with van der Waals surface area (Å²) in [5.74, 6) is -0.0185. The molecule has 0 saturated heterocycles. The normalized spacial score (nSPS) is 12.6. The minimum atomic E-state index is -0.416. The van der Waals surface area contributed by atoms with Gasteiger partial charge in [-0.25, -0.2) is 0 Å². The predicted molar refractivity (Wildman–Crippen MR) is 62.5 cm³/mol. The van der Waals surface area contributed by atoms with E-state index >= 15 is 0 Å². The number of carbonyl (C=O) groups is 1. The predicted octanol–water partition coefficient (Wildman–Crippen LogP) is 2.45. The van der Waals surface area contributed by atoms with Crippen molar-refractivity contribution in [1.82, 2.24) is 4.98 Å². The number of rotatable bonds is 3. The Morgan fingerprint density at radius 2 is 2.19 bits per heavy atom. The fourth-order valence-electron chi connectivity index (χ4n) is 1.56. The summed E-state index contributed by atoms with van der Waals surface area (Å²) in [5, 5.41) is 1.03. The first-order chi connectivity index (χ1) is 7.72. The summed E-state index contributed by atoms with van der Waals surface area (Å²) in [5.41, 5.74) is 1.47. The van der Waals surface area contributed by atoms with Crippen LogP contribution in [-0.4, -0.2) is 24.0 Å². The monoisotopic (exact) mass is 215 g/mol. The van der Waals surface area contributed by atoms with E-state index in [9.17, 15) is 4.79 Å². The van der Waals surface area contributed by atoms with E-state index in [1.165, 1.54) is 7.11 Å². The van der Waals surface area contributed by atoms with Crippen LogP contribution in [0.15, 0.2) is 36.5 Å². The first-order valence-corrected chi connectivity index (χ1v) is 5.14. The van der Waals surface area contributed by atoms with Crippen molar-refractivity contribution < 1.29 is 9.53 Å². The van der Waals surface area contributed by atoms with Gasteiger partial charge in [0.15, 0.2) is 5.78 Å². The molecular formula is C13H13NO2. The molecule has 0 fully saturated rings. The highest BCUT2D eigenvalue weighted by Gasteiger charge is 2.14. The third-order valence-corrected chi connectivity index (χ3v) is 2.61. The molecule has 0 amide bonds. The van der Waals surface area contributed by atoms with Gasteiger partial charge in [-0.15, -0.1) is 0 Å². The van der Waals surface area contributed by atoms with Crippen LogP contribution in [0.4, 0.5) is 0 Å². The third kappa shape index (κ3) is 1.95. The van der Waals surface area contributed by atoms with Crippen molar-refractivity contribution >= 4 is 16.7 Å². The molecule has 0 saturated carbocycles. The molecule has 3 heteroatoms. The smallest absolute Gasteiger partial charge is 0.191 e. The lowest BCUT2D eigenvalue weighted by Gasteiger charge is -2.08. The molecule has 0 bridgehead atoms. The first-order valence-electron chi connectivity index (χ1n) is 5.14. The van der Waals surface area contributed by atoms with E-state index in [1.54, 1.807) is 19.2 Å². The molecule has 1 aromatic heterocycles. The number of ketones is 1. The van der Waals surface area contributed by atoms with Gasteiger partial charge in [0.1, 0.15) is 6.10 Å². The maximum absolute atomic E-state index is 11.9. The number of fused-ring (bicyclic) bond motifs is 1. The van der Waals surface area contributed by atoms with Crippen LogP contribution < -0.4 is 0 Å². The highest BCUT2D eigenvalue weighted by atomic mass is 16.5. The van der Waals surface area contributed by atoms with Crippen molar-refractivity contribution in [2.45, 2.75) is 13.0 Å². The number of nitrogens with zero attached hydrogens (tertiary/aromatic N) is 1. The molecule has 1 atom stereocenters. The molecule has 2 aromatic rings. The number of methoxy groups -OCH3 is 1. The zero-order valence-corrected chi connectivity index (χ0v) is 9.31. The van der Waals surface area contributed by atoms with Crippen LogP contribution in [0, 0.1) is 0 Å². The van der Waals surface area contributed by atoms with Gasteiger partial charge in [0, 0.05) is 24.3 Å². The van der Waals surface area contributed by atoms with E-state index in [0.717, 1.165) is 10.9 Å². The van der Waals surface area contributed by atoms with E-state index in [2.05, 4.69) is 4.98 Å². The summed E-state index contributed by atoms with van der Waals surface area (Å²) < 4.78 is 5.01. The molecule has 0 aliphatic heterocycles. The van der Waals surface area contributed by atoms with E-state index < -0.39 is 6.10 Å². The molecule has 2 rings (SSSR count). The van der Waals surface area contributed by atoms with Crippen LogP contribution in [-0.2, 0) is 4.74 Å². The molecular weight excluding hydrogens is 202 g/mol. The van der Waals surface area contributed by atoms with Gasteiger partial charge in [0.25, 0.3) is 0 Å². The van der Waals surface area contributed by atoms with E-state index in [-0.39, 0.29) is 5.78 Å². The lowest BCUT2D eigenvalue weighted by Crippen LogP contribution is -2.18. The second-order valence-corrected chi connectivity index (χ2v) is 3.65. The summed E-state index contributed by atoms with van der Waals surface area (Å²) in [7, 11) is 1.53. The Bertz CT molecular complexity index is 522. The minimum Gasteiger partial charge on any atom is -0.374 e. The van der Waals surface area contributed by atoms with Gasteiger partial charge >= 0.3 is 0 Å². The Balaban J connectivity index is 2.43. The summed E-state index contributed by atoms with van der Waals surface area (Å²) in [6.07, 6.45) is 1.30. The summed E-state index contributed by atoms with van der Waals surface area (Å²) in [6, 6.07) is 9.35. The van der Waals surface area contributed by atoms with Crippen molar-refractivity contribution in [3.05, 3.63) is 42.1 Å². The van der Waals surface area contributed by atoms with Crippen LogP contribution in [0.3, 0.4) is 0 Å². The number of ether oxygens (including phenoxy) is 1. The molecule has 3 nitrogen and oxygen atoms in total. The van der Waals surface area contributed by atoms with Gasteiger partial charge in [0.05, 0.1) is 5.52 Å². The number of aromatic nitrogens is 1. The number of pyridine rings is 1. The standard InChI is InChI=1S/C13H13NO2/c1-9(16-2)13(15)11-6-5-10-4-3-7-14-12(10)8-11/h3-9H,1-2H3. The average Bonchev–Trinajstić information content (AvgIpc) is 2.36. The van der Waals surface area contributed by atoms with Crippen LogP contribution in [0.5, 0.6) is 0 Å². The Hall–Kier alpha value is -1.74. The van der Waals surface area contributed by atoms with Crippen molar-refractivity contribution in [2.24, 2.45) is 0 Å². The van der Waals surface area contributed by atoms with E-state index in [1.807, 2.05) is 24.3 Å². The summed E-state index contributed by atoms with van der Waals surface area (Å²) in [4.78, 5) is 16.1. The topological polar surface area (TPSA) is 39.2 Å². The minimum absolute atomic E-state index is 0.0185. The van der Waals surface area contributed by atoms with Crippen LogP contribution >= 0.6 is 0 Å². The van der Waals surface area contributed by atoms with Crippen LogP contribution in [0.2, 0.25) is 0 Å². The van der Waals surface area contributed by atoms with E-state index in [4.69, 9.17) is 4.74 Å². The number of hydrogen-bond acceptors (Lipinski definition) is 3. The second kappa shape index (κ2) is 4.41. The summed E-state index contributed by atoms with van der Waals surface area (Å²) in [6.45, 7) is 1.74. The first kappa shape index (κ1) is 10.8. The largest absolute Gasteiger partial charge is 0.374 e. The molecule has 0 aliphatic rings. The lowest BCUT2D eigenvalue weighted by molar-refractivity contribution is 0.0656. The van der Waals surface area contributed by atoms with Crippen molar-refractivity contribution in [1.29, 1.82) is 0 Å². The van der Waals surface area contributed by atoms with Gasteiger partial charge in [-0.2, -0.15) is 0 Å². The van der Waals surface area contributed by atoms with Crippen LogP contribution in [0.1, 0.15) is 17.3 Å². The van der Waals surface area contributed by atoms with Crippen molar-refractivity contribution in [3.8, 4) is 0 Å². The highest BCUT2D eigenvalue weighted by molar-refractivity contribution is 6.01. The molecule has 1 aromatic carbocycles. The Labute approximate surface area is 94.1 Å². The maximum atomic E-state index is 11.9. The van der Waals surface area contributed by atoms with Crippen molar-refractivity contribution in [3.63, 3.8) is 0 Å². The number of benzene rings is 1. The van der Waals surface area contributed by atoms with Crippen LogP contribution in [0.25, 0.3) is 10.9 Å². The maximum Gasteiger partial charge on any atom is 0.191 e. The zero-order chi connectivity index (χ0) is 11.5. The average molecular weight is 215 g/mol. The van der Waals surface area contributed by atoms with Gasteiger partial charge in [-0.1, -0.05) is 18.2 Å². The number of carbonyl (C=O) groups excluding carboxylic acids is 1. The quantitative estimate of drug-likeness (QED) is 0.738. The molecule has 1 unspecified atom stereocenters. The summed E-state index contributed by atoms with van der Waals surface area (Å²) >= 11 is 0. The Morgan fingerprint density at radius 3 is 2.94 bits per heavy atom. The highest BCUT2D eigenvalue weighted by Crippen LogP contribution is 2.15. The molecule has 0 radical (unpaired) electrons. The molecule has 16 heavy (non-hydrogen) atoms. The van der Waals surface area contributed by atoms with E-state index in [0.29, 0.717) is 5.56 Å². The second-order valence-electron chi connectivity index (χ2n) is 3.65. The number of hydrogen-bond donors (Lipinski definition) is 0. The van der Waals surface area contributed by atoms with Crippen molar-refractivity contribution in [2.75, 3.05) is 7.11 Å². The molecule has 0 spiro atoms.